The molecule has 1 atom stereocenters. The molecule has 0 bridgehead atoms. The summed E-state index contributed by atoms with van der Waals surface area (Å²) in [4.78, 5) is 11.6. The molecule has 0 radical (unpaired) electrons. The third-order valence-corrected chi connectivity index (χ3v) is 3.37. The number of hydrogen-bond acceptors (Lipinski definition) is 2. The van der Waals surface area contributed by atoms with Crippen molar-refractivity contribution in [2.75, 3.05) is 7.11 Å². The van der Waals surface area contributed by atoms with Crippen LogP contribution in [0.2, 0.25) is 0 Å². The Morgan fingerprint density at radius 3 is 2.40 bits per heavy atom. The van der Waals surface area contributed by atoms with E-state index < -0.39 is 11.9 Å². The summed E-state index contributed by atoms with van der Waals surface area (Å²) >= 11 is 0. The van der Waals surface area contributed by atoms with Gasteiger partial charge in [-0.15, -0.1) is 0 Å². The maximum absolute atomic E-state index is 11.6. The average molecular weight is 270 g/mol. The van der Waals surface area contributed by atoms with E-state index in [0.717, 1.165) is 11.1 Å². The fourth-order valence-electron chi connectivity index (χ4n) is 2.24. The van der Waals surface area contributed by atoms with Crippen molar-refractivity contribution >= 4 is 5.97 Å². The molecule has 0 saturated carbocycles. The molecule has 1 unspecified atom stereocenters. The van der Waals surface area contributed by atoms with Crippen molar-refractivity contribution in [1.82, 2.24) is 0 Å². The predicted molar refractivity (Wildman–Crippen MR) is 78.3 cm³/mol. The number of aryl methyl sites for hydroxylation is 1. The molecule has 104 valence electrons. The van der Waals surface area contributed by atoms with Gasteiger partial charge in [-0.05, 0) is 25.0 Å². The Hall–Kier alpha value is -2.29. The van der Waals surface area contributed by atoms with Gasteiger partial charge in [0.05, 0.1) is 13.0 Å². The van der Waals surface area contributed by atoms with Crippen LogP contribution >= 0.6 is 0 Å². The zero-order valence-corrected chi connectivity index (χ0v) is 11.7. The maximum Gasteiger partial charge on any atom is 0.311 e. The zero-order chi connectivity index (χ0) is 14.5. The van der Waals surface area contributed by atoms with Crippen molar-refractivity contribution in [1.29, 1.82) is 0 Å². The fraction of sp³-hybridized carbons (Fsp3) is 0.235. The molecular weight excluding hydrogens is 252 g/mol. The first-order valence-corrected chi connectivity index (χ1v) is 6.53. The third-order valence-electron chi connectivity index (χ3n) is 3.37. The molecule has 0 saturated heterocycles. The van der Waals surface area contributed by atoms with E-state index >= 15 is 0 Å². The second kappa shape index (κ2) is 6.24. The number of carbonyl (C=O) groups is 1. The van der Waals surface area contributed by atoms with Gasteiger partial charge in [-0.25, -0.2) is 0 Å². The lowest BCUT2D eigenvalue weighted by Crippen LogP contribution is -2.15. The van der Waals surface area contributed by atoms with Crippen molar-refractivity contribution in [2.45, 2.75) is 19.3 Å². The van der Waals surface area contributed by atoms with Crippen molar-refractivity contribution < 1.29 is 14.6 Å². The van der Waals surface area contributed by atoms with E-state index in [-0.39, 0.29) is 0 Å². The van der Waals surface area contributed by atoms with E-state index in [1.807, 2.05) is 49.4 Å². The van der Waals surface area contributed by atoms with Crippen molar-refractivity contribution in [3.63, 3.8) is 0 Å². The summed E-state index contributed by atoms with van der Waals surface area (Å²) in [6.07, 6.45) is 0.454. The molecule has 20 heavy (non-hydrogen) atoms. The van der Waals surface area contributed by atoms with Crippen molar-refractivity contribution in [3.05, 3.63) is 65.2 Å². The SMILES string of the molecule is COc1ccccc1C(Cc1ccc(C)cc1)C(=O)O. The molecule has 2 aromatic rings. The van der Waals surface area contributed by atoms with Crippen LogP contribution in [0.4, 0.5) is 0 Å². The molecule has 1 N–H and O–H groups in total. The lowest BCUT2D eigenvalue weighted by Gasteiger charge is -2.16. The van der Waals surface area contributed by atoms with Gasteiger partial charge in [-0.1, -0.05) is 48.0 Å². The summed E-state index contributed by atoms with van der Waals surface area (Å²) in [6, 6.07) is 15.2. The molecule has 2 aromatic carbocycles. The van der Waals surface area contributed by atoms with E-state index in [9.17, 15) is 9.90 Å². The van der Waals surface area contributed by atoms with E-state index in [1.54, 1.807) is 13.2 Å². The number of para-hydroxylation sites is 1. The largest absolute Gasteiger partial charge is 0.496 e. The number of ether oxygens (including phenoxy) is 1. The summed E-state index contributed by atoms with van der Waals surface area (Å²) in [5, 5.41) is 9.51. The molecule has 0 aliphatic carbocycles. The molecule has 0 aliphatic heterocycles. The molecule has 3 nitrogen and oxygen atoms in total. The van der Waals surface area contributed by atoms with Crippen molar-refractivity contribution in [2.24, 2.45) is 0 Å². The highest BCUT2D eigenvalue weighted by Crippen LogP contribution is 2.29. The molecule has 3 heteroatoms. The molecule has 0 aliphatic rings. The number of rotatable bonds is 5. The summed E-state index contributed by atoms with van der Waals surface area (Å²) in [5.41, 5.74) is 2.88. The zero-order valence-electron chi connectivity index (χ0n) is 11.7. The number of methoxy groups -OCH3 is 1. The second-order valence-corrected chi connectivity index (χ2v) is 4.82. The van der Waals surface area contributed by atoms with E-state index in [1.165, 1.54) is 0 Å². The van der Waals surface area contributed by atoms with Gasteiger partial charge >= 0.3 is 5.97 Å². The number of hydrogen-bond donors (Lipinski definition) is 1. The van der Waals surface area contributed by atoms with Crippen molar-refractivity contribution in [3.8, 4) is 5.75 Å². The van der Waals surface area contributed by atoms with Gasteiger partial charge in [0.15, 0.2) is 0 Å². The molecular formula is C17H18O3. The number of benzene rings is 2. The first kappa shape index (κ1) is 14.1. The first-order chi connectivity index (χ1) is 9.61. The van der Waals surface area contributed by atoms with Crippen LogP contribution in [-0.2, 0) is 11.2 Å². The fourth-order valence-corrected chi connectivity index (χ4v) is 2.24. The summed E-state index contributed by atoms with van der Waals surface area (Å²) in [7, 11) is 1.56. The molecule has 0 amide bonds. The Labute approximate surface area is 118 Å². The van der Waals surface area contributed by atoms with Gasteiger partial charge in [0.25, 0.3) is 0 Å². The smallest absolute Gasteiger partial charge is 0.311 e. The Kier molecular flexibility index (Phi) is 4.41. The topological polar surface area (TPSA) is 46.5 Å². The average Bonchev–Trinajstić information content (AvgIpc) is 2.46. The standard InChI is InChI=1S/C17H18O3/c1-12-7-9-13(10-8-12)11-15(17(18)19)14-5-3-4-6-16(14)20-2/h3-10,15H,11H2,1-2H3,(H,18,19). The minimum atomic E-state index is -0.838. The monoisotopic (exact) mass is 270 g/mol. The summed E-state index contributed by atoms with van der Waals surface area (Å²) in [6.45, 7) is 2.01. The van der Waals surface area contributed by atoms with E-state index in [2.05, 4.69) is 0 Å². The molecule has 0 aromatic heterocycles. The highest BCUT2D eigenvalue weighted by atomic mass is 16.5. The highest BCUT2D eigenvalue weighted by molar-refractivity contribution is 5.77. The quantitative estimate of drug-likeness (QED) is 0.905. The minimum absolute atomic E-state index is 0.454. The normalized spacial score (nSPS) is 11.9. The Morgan fingerprint density at radius 1 is 1.15 bits per heavy atom. The van der Waals surface area contributed by atoms with Gasteiger partial charge in [-0.2, -0.15) is 0 Å². The molecule has 2 rings (SSSR count). The molecule has 0 spiro atoms. The number of carboxylic acids is 1. The van der Waals surface area contributed by atoms with Crippen LogP contribution in [0.1, 0.15) is 22.6 Å². The molecule has 0 heterocycles. The van der Waals surface area contributed by atoms with E-state index in [4.69, 9.17) is 4.74 Å². The lowest BCUT2D eigenvalue weighted by molar-refractivity contribution is -0.138. The Bertz CT molecular complexity index is 587. The Balaban J connectivity index is 2.32. The van der Waals surface area contributed by atoms with Crippen LogP contribution in [0.5, 0.6) is 5.75 Å². The van der Waals surface area contributed by atoms with Crippen LogP contribution in [0.15, 0.2) is 48.5 Å². The lowest BCUT2D eigenvalue weighted by atomic mass is 9.91. The predicted octanol–water partition coefficient (Wildman–Crippen LogP) is 3.41. The maximum atomic E-state index is 11.6. The summed E-state index contributed by atoms with van der Waals surface area (Å²) in [5.74, 6) is -0.823. The van der Waals surface area contributed by atoms with Gasteiger partial charge in [0, 0.05) is 5.56 Å². The van der Waals surface area contributed by atoms with Crippen LogP contribution in [0.25, 0.3) is 0 Å². The van der Waals surface area contributed by atoms with Gasteiger partial charge in [-0.3, -0.25) is 4.79 Å². The van der Waals surface area contributed by atoms with Gasteiger partial charge in [0.1, 0.15) is 5.75 Å². The van der Waals surface area contributed by atoms with Crippen LogP contribution in [0.3, 0.4) is 0 Å². The number of carboxylic acid groups (broad SMARTS) is 1. The number of aliphatic carboxylic acids is 1. The third kappa shape index (κ3) is 3.18. The molecule has 0 fully saturated rings. The van der Waals surface area contributed by atoms with Crippen LogP contribution in [0, 0.1) is 6.92 Å². The first-order valence-electron chi connectivity index (χ1n) is 6.53. The highest BCUT2D eigenvalue weighted by Gasteiger charge is 2.23. The summed E-state index contributed by atoms with van der Waals surface area (Å²) < 4.78 is 5.27. The van der Waals surface area contributed by atoms with Crippen LogP contribution < -0.4 is 4.74 Å². The van der Waals surface area contributed by atoms with Gasteiger partial charge < -0.3 is 9.84 Å². The Morgan fingerprint density at radius 2 is 1.80 bits per heavy atom. The van der Waals surface area contributed by atoms with E-state index in [0.29, 0.717) is 17.7 Å². The minimum Gasteiger partial charge on any atom is -0.496 e. The second-order valence-electron chi connectivity index (χ2n) is 4.82. The van der Waals surface area contributed by atoms with Crippen LogP contribution in [-0.4, -0.2) is 18.2 Å². The van der Waals surface area contributed by atoms with Gasteiger partial charge in [0.2, 0.25) is 0 Å².